The molecule has 1 atom stereocenters. The first-order chi connectivity index (χ1) is 9.07. The van der Waals surface area contributed by atoms with Crippen LogP contribution in [0.3, 0.4) is 0 Å². The molecule has 1 unspecified atom stereocenters. The minimum Gasteiger partial charge on any atom is -0.310 e. The molecule has 0 radical (unpaired) electrons. The SMILES string of the molecule is CCNC(c1ccc(C)c(Cl)c1)C1(C)CCCCC1. The molecule has 0 saturated heterocycles. The third-order valence-electron chi connectivity index (χ3n) is 4.63. The Morgan fingerprint density at radius 2 is 1.95 bits per heavy atom. The van der Waals surface area contributed by atoms with Gasteiger partial charge in [-0.3, -0.25) is 0 Å². The van der Waals surface area contributed by atoms with Crippen LogP contribution < -0.4 is 5.32 Å². The standard InChI is InChI=1S/C17H26ClN/c1-4-19-16(17(3)10-6-5-7-11-17)14-9-8-13(2)15(18)12-14/h8-9,12,16,19H,4-7,10-11H2,1-3H3. The Labute approximate surface area is 122 Å². The highest BCUT2D eigenvalue weighted by Crippen LogP contribution is 2.46. The molecule has 1 fully saturated rings. The third-order valence-corrected chi connectivity index (χ3v) is 5.04. The van der Waals surface area contributed by atoms with Crippen molar-refractivity contribution >= 4 is 11.6 Å². The molecular formula is C17H26ClN. The van der Waals surface area contributed by atoms with Gasteiger partial charge in [0.15, 0.2) is 0 Å². The summed E-state index contributed by atoms with van der Waals surface area (Å²) in [6.07, 6.45) is 6.74. The van der Waals surface area contributed by atoms with Crippen LogP contribution in [-0.4, -0.2) is 6.54 Å². The highest BCUT2D eigenvalue weighted by atomic mass is 35.5. The summed E-state index contributed by atoms with van der Waals surface area (Å²) in [7, 11) is 0. The van der Waals surface area contributed by atoms with Crippen molar-refractivity contribution in [3.63, 3.8) is 0 Å². The van der Waals surface area contributed by atoms with Crippen LogP contribution in [0.2, 0.25) is 5.02 Å². The predicted octanol–water partition coefficient (Wildman–Crippen LogP) is 5.27. The maximum atomic E-state index is 6.31. The summed E-state index contributed by atoms with van der Waals surface area (Å²) in [4.78, 5) is 0. The zero-order valence-corrected chi connectivity index (χ0v) is 13.2. The molecule has 1 aromatic rings. The number of hydrogen-bond donors (Lipinski definition) is 1. The van der Waals surface area contributed by atoms with Gasteiger partial charge >= 0.3 is 0 Å². The molecule has 1 saturated carbocycles. The highest BCUT2D eigenvalue weighted by molar-refractivity contribution is 6.31. The van der Waals surface area contributed by atoms with Gasteiger partial charge in [0.1, 0.15) is 0 Å². The van der Waals surface area contributed by atoms with E-state index >= 15 is 0 Å². The topological polar surface area (TPSA) is 12.0 Å². The van der Waals surface area contributed by atoms with E-state index in [1.54, 1.807) is 0 Å². The lowest BCUT2D eigenvalue weighted by Crippen LogP contribution is -2.37. The molecule has 1 aliphatic rings. The molecule has 0 heterocycles. The Balaban J connectivity index is 2.30. The van der Waals surface area contributed by atoms with Gasteiger partial charge < -0.3 is 5.32 Å². The van der Waals surface area contributed by atoms with Crippen molar-refractivity contribution in [2.45, 2.75) is 58.9 Å². The van der Waals surface area contributed by atoms with E-state index in [1.165, 1.54) is 37.7 Å². The van der Waals surface area contributed by atoms with Crippen LogP contribution in [-0.2, 0) is 0 Å². The molecule has 1 aromatic carbocycles. The molecule has 0 spiro atoms. The lowest BCUT2D eigenvalue weighted by Gasteiger charge is -2.41. The van der Waals surface area contributed by atoms with Crippen molar-refractivity contribution in [3.8, 4) is 0 Å². The van der Waals surface area contributed by atoms with Gasteiger partial charge in [0.25, 0.3) is 0 Å². The second kappa shape index (κ2) is 6.28. The van der Waals surface area contributed by atoms with Crippen molar-refractivity contribution in [3.05, 3.63) is 34.3 Å². The first-order valence-corrected chi connectivity index (χ1v) is 7.94. The number of hydrogen-bond acceptors (Lipinski definition) is 1. The fourth-order valence-corrected chi connectivity index (χ4v) is 3.60. The number of benzene rings is 1. The summed E-state index contributed by atoms with van der Waals surface area (Å²) in [6, 6.07) is 6.98. The predicted molar refractivity (Wildman–Crippen MR) is 83.8 cm³/mol. The summed E-state index contributed by atoms with van der Waals surface area (Å²) >= 11 is 6.31. The van der Waals surface area contributed by atoms with E-state index in [1.807, 2.05) is 0 Å². The number of nitrogens with one attached hydrogen (secondary N) is 1. The third kappa shape index (κ3) is 3.32. The first kappa shape index (κ1) is 14.9. The largest absolute Gasteiger partial charge is 0.310 e. The molecule has 0 aromatic heterocycles. The Morgan fingerprint density at radius 3 is 2.53 bits per heavy atom. The van der Waals surface area contributed by atoms with Crippen molar-refractivity contribution in [2.75, 3.05) is 6.54 Å². The van der Waals surface area contributed by atoms with E-state index in [0.717, 1.165) is 17.1 Å². The first-order valence-electron chi connectivity index (χ1n) is 7.56. The average Bonchev–Trinajstić information content (AvgIpc) is 2.40. The van der Waals surface area contributed by atoms with Gasteiger partial charge in [0.2, 0.25) is 0 Å². The molecule has 1 N–H and O–H groups in total. The fourth-order valence-electron chi connectivity index (χ4n) is 3.41. The zero-order chi connectivity index (χ0) is 13.9. The minimum absolute atomic E-state index is 0.368. The van der Waals surface area contributed by atoms with E-state index in [-0.39, 0.29) is 0 Å². The Hall–Kier alpha value is -0.530. The fraction of sp³-hybridized carbons (Fsp3) is 0.647. The van der Waals surface area contributed by atoms with E-state index in [9.17, 15) is 0 Å². The smallest absolute Gasteiger partial charge is 0.0438 e. The van der Waals surface area contributed by atoms with Crippen LogP contribution in [0, 0.1) is 12.3 Å². The van der Waals surface area contributed by atoms with Gasteiger partial charge in [-0.25, -0.2) is 0 Å². The molecule has 19 heavy (non-hydrogen) atoms. The molecule has 2 rings (SSSR count). The summed E-state index contributed by atoms with van der Waals surface area (Å²) in [5, 5.41) is 4.59. The Bertz CT molecular complexity index is 421. The van der Waals surface area contributed by atoms with Crippen LogP contribution in [0.1, 0.15) is 63.1 Å². The van der Waals surface area contributed by atoms with Gasteiger partial charge in [-0.2, -0.15) is 0 Å². The van der Waals surface area contributed by atoms with E-state index in [2.05, 4.69) is 44.3 Å². The normalized spacial score (nSPS) is 20.2. The van der Waals surface area contributed by atoms with Gasteiger partial charge in [-0.1, -0.05) is 56.8 Å². The van der Waals surface area contributed by atoms with E-state index < -0.39 is 0 Å². The van der Waals surface area contributed by atoms with Crippen molar-refractivity contribution < 1.29 is 0 Å². The molecule has 0 amide bonds. The lowest BCUT2D eigenvalue weighted by atomic mass is 9.68. The van der Waals surface area contributed by atoms with Gasteiger partial charge in [0.05, 0.1) is 0 Å². The summed E-state index contributed by atoms with van der Waals surface area (Å²) < 4.78 is 0. The molecule has 1 nitrogen and oxygen atoms in total. The molecule has 0 aliphatic heterocycles. The second-order valence-electron chi connectivity index (χ2n) is 6.21. The second-order valence-corrected chi connectivity index (χ2v) is 6.62. The van der Waals surface area contributed by atoms with Crippen LogP contribution in [0.5, 0.6) is 0 Å². The quantitative estimate of drug-likeness (QED) is 0.792. The lowest BCUT2D eigenvalue weighted by molar-refractivity contribution is 0.146. The van der Waals surface area contributed by atoms with Gasteiger partial charge in [-0.05, 0) is 48.9 Å². The zero-order valence-electron chi connectivity index (χ0n) is 12.4. The number of halogens is 1. The number of rotatable bonds is 4. The molecule has 1 aliphatic carbocycles. The van der Waals surface area contributed by atoms with E-state index in [4.69, 9.17) is 11.6 Å². The average molecular weight is 280 g/mol. The van der Waals surface area contributed by atoms with Crippen LogP contribution >= 0.6 is 11.6 Å². The highest BCUT2D eigenvalue weighted by Gasteiger charge is 2.35. The molecule has 2 heteroatoms. The van der Waals surface area contributed by atoms with Crippen LogP contribution in [0.4, 0.5) is 0 Å². The summed E-state index contributed by atoms with van der Waals surface area (Å²) in [6.45, 7) is 7.70. The van der Waals surface area contributed by atoms with Gasteiger partial charge in [-0.15, -0.1) is 0 Å². The van der Waals surface area contributed by atoms with Crippen molar-refractivity contribution in [1.82, 2.24) is 5.32 Å². The Morgan fingerprint density at radius 1 is 1.26 bits per heavy atom. The minimum atomic E-state index is 0.368. The maximum absolute atomic E-state index is 6.31. The Kier molecular flexibility index (Phi) is 4.92. The van der Waals surface area contributed by atoms with Crippen LogP contribution in [0.15, 0.2) is 18.2 Å². The summed E-state index contributed by atoms with van der Waals surface area (Å²) in [5.41, 5.74) is 2.88. The summed E-state index contributed by atoms with van der Waals surface area (Å²) in [5.74, 6) is 0. The van der Waals surface area contributed by atoms with E-state index in [0.29, 0.717) is 11.5 Å². The monoisotopic (exact) mass is 279 g/mol. The van der Waals surface area contributed by atoms with Gasteiger partial charge in [0, 0.05) is 11.1 Å². The molecule has 0 bridgehead atoms. The van der Waals surface area contributed by atoms with Crippen molar-refractivity contribution in [1.29, 1.82) is 0 Å². The molecular weight excluding hydrogens is 254 g/mol. The number of aryl methyl sites for hydroxylation is 1. The molecule has 106 valence electrons. The van der Waals surface area contributed by atoms with Crippen LogP contribution in [0.25, 0.3) is 0 Å². The van der Waals surface area contributed by atoms with Crippen molar-refractivity contribution in [2.24, 2.45) is 5.41 Å². The maximum Gasteiger partial charge on any atom is 0.0438 e.